The van der Waals surface area contributed by atoms with Gasteiger partial charge in [0.05, 0.1) is 5.69 Å². The second kappa shape index (κ2) is 6.74. The van der Waals surface area contributed by atoms with Crippen LogP contribution in [0.3, 0.4) is 0 Å². The monoisotopic (exact) mass is 377 g/mol. The fraction of sp³-hybridized carbons (Fsp3) is 0.167. The van der Waals surface area contributed by atoms with Crippen LogP contribution in [-0.2, 0) is 12.8 Å². The van der Waals surface area contributed by atoms with Crippen LogP contribution in [-0.4, -0.2) is 29.4 Å². The second-order valence-electron chi connectivity index (χ2n) is 6.07. The van der Waals surface area contributed by atoms with E-state index in [1.54, 1.807) is 0 Å². The predicted octanol–water partition coefficient (Wildman–Crippen LogP) is 2.29. The van der Waals surface area contributed by atoms with Crippen molar-refractivity contribution in [3.05, 3.63) is 63.7 Å². The standard InChI is InChI=1S/C18H15N7OS/c1-11-4-3-5-12(6-11)17-22-23-18(24(17)2)27-10-14-7-15(26)25-16(21-14)13(8-19)9-20-25/h3-7,9,20H,10H2,1-2H3. The Morgan fingerprint density at radius 3 is 2.93 bits per heavy atom. The van der Waals surface area contributed by atoms with Crippen LogP contribution in [0.2, 0.25) is 0 Å². The highest BCUT2D eigenvalue weighted by Crippen LogP contribution is 2.25. The summed E-state index contributed by atoms with van der Waals surface area (Å²) in [7, 11) is 1.91. The van der Waals surface area contributed by atoms with Crippen LogP contribution in [0.15, 0.2) is 46.5 Å². The molecule has 0 saturated heterocycles. The topological polar surface area (TPSA) is 105 Å². The van der Waals surface area contributed by atoms with Crippen molar-refractivity contribution in [1.29, 1.82) is 5.26 Å². The normalized spacial score (nSPS) is 11.0. The molecule has 0 fully saturated rings. The molecule has 134 valence electrons. The van der Waals surface area contributed by atoms with Gasteiger partial charge in [0.25, 0.3) is 5.56 Å². The minimum atomic E-state index is -0.254. The molecule has 0 aliphatic carbocycles. The largest absolute Gasteiger partial charge is 0.305 e. The molecule has 0 aliphatic heterocycles. The zero-order valence-corrected chi connectivity index (χ0v) is 15.5. The van der Waals surface area contributed by atoms with Crippen molar-refractivity contribution in [2.24, 2.45) is 7.05 Å². The molecule has 1 N–H and O–H groups in total. The van der Waals surface area contributed by atoms with Gasteiger partial charge < -0.3 is 4.57 Å². The van der Waals surface area contributed by atoms with E-state index in [0.717, 1.165) is 22.1 Å². The van der Waals surface area contributed by atoms with Gasteiger partial charge in [-0.25, -0.2) is 9.50 Å². The number of nitrogens with zero attached hydrogens (tertiary/aromatic N) is 6. The summed E-state index contributed by atoms with van der Waals surface area (Å²) in [4.78, 5) is 16.6. The molecule has 8 nitrogen and oxygen atoms in total. The maximum atomic E-state index is 12.2. The first-order valence-electron chi connectivity index (χ1n) is 8.16. The third-order valence-corrected chi connectivity index (χ3v) is 5.19. The number of thioether (sulfide) groups is 1. The molecule has 0 atom stereocenters. The molecule has 0 saturated carbocycles. The van der Waals surface area contributed by atoms with Crippen LogP contribution in [0.25, 0.3) is 17.0 Å². The van der Waals surface area contributed by atoms with Gasteiger partial charge >= 0.3 is 0 Å². The molecule has 3 aromatic heterocycles. The minimum absolute atomic E-state index is 0.254. The van der Waals surface area contributed by atoms with Gasteiger partial charge in [0.2, 0.25) is 0 Å². The summed E-state index contributed by atoms with van der Waals surface area (Å²) in [6, 6.07) is 11.6. The van der Waals surface area contributed by atoms with Crippen molar-refractivity contribution in [3.63, 3.8) is 0 Å². The number of nitriles is 1. The lowest BCUT2D eigenvalue weighted by Crippen LogP contribution is -2.15. The molecule has 0 unspecified atom stereocenters. The Balaban J connectivity index is 1.60. The van der Waals surface area contributed by atoms with Gasteiger partial charge in [-0.15, -0.1) is 10.2 Å². The van der Waals surface area contributed by atoms with Crippen LogP contribution in [0.1, 0.15) is 16.8 Å². The summed E-state index contributed by atoms with van der Waals surface area (Å²) in [5.74, 6) is 1.23. The summed E-state index contributed by atoms with van der Waals surface area (Å²) in [5, 5.41) is 21.1. The first-order chi connectivity index (χ1) is 13.1. The van der Waals surface area contributed by atoms with Crippen molar-refractivity contribution < 1.29 is 0 Å². The van der Waals surface area contributed by atoms with Crippen molar-refractivity contribution in [2.45, 2.75) is 17.8 Å². The van der Waals surface area contributed by atoms with Crippen LogP contribution >= 0.6 is 11.8 Å². The Labute approximate surface area is 158 Å². The maximum absolute atomic E-state index is 12.2. The summed E-state index contributed by atoms with van der Waals surface area (Å²) >= 11 is 1.44. The molecule has 9 heteroatoms. The van der Waals surface area contributed by atoms with Gasteiger partial charge in [-0.1, -0.05) is 35.5 Å². The zero-order valence-electron chi connectivity index (χ0n) is 14.7. The van der Waals surface area contributed by atoms with E-state index in [4.69, 9.17) is 5.26 Å². The van der Waals surface area contributed by atoms with E-state index in [1.807, 2.05) is 42.8 Å². The van der Waals surface area contributed by atoms with Gasteiger partial charge in [0, 0.05) is 30.6 Å². The van der Waals surface area contributed by atoms with Crippen molar-refractivity contribution in [2.75, 3.05) is 0 Å². The number of aromatic nitrogens is 6. The molecule has 0 amide bonds. The Hall–Kier alpha value is -3.38. The number of aryl methyl sites for hydroxylation is 1. The smallest absolute Gasteiger partial charge is 0.272 e. The molecule has 0 radical (unpaired) electrons. The molecule has 4 aromatic rings. The Morgan fingerprint density at radius 2 is 2.15 bits per heavy atom. The van der Waals surface area contributed by atoms with Crippen LogP contribution < -0.4 is 5.56 Å². The van der Waals surface area contributed by atoms with Gasteiger partial charge in [0.1, 0.15) is 11.6 Å². The highest BCUT2D eigenvalue weighted by molar-refractivity contribution is 7.98. The maximum Gasteiger partial charge on any atom is 0.272 e. The van der Waals surface area contributed by atoms with Gasteiger partial charge in [0.15, 0.2) is 16.6 Å². The second-order valence-corrected chi connectivity index (χ2v) is 7.01. The zero-order chi connectivity index (χ0) is 19.0. The number of hydrogen-bond acceptors (Lipinski definition) is 6. The molecular weight excluding hydrogens is 362 g/mol. The number of rotatable bonds is 4. The molecule has 0 bridgehead atoms. The summed E-state index contributed by atoms with van der Waals surface area (Å²) < 4.78 is 3.17. The Kier molecular flexibility index (Phi) is 4.25. The molecular formula is C18H15N7OS. The first kappa shape index (κ1) is 17.1. The molecule has 27 heavy (non-hydrogen) atoms. The highest BCUT2D eigenvalue weighted by Gasteiger charge is 2.13. The van der Waals surface area contributed by atoms with Gasteiger partial charge in [-0.05, 0) is 13.0 Å². The van der Waals surface area contributed by atoms with E-state index in [2.05, 4.69) is 26.3 Å². The number of nitrogens with one attached hydrogen (secondary N) is 1. The summed E-state index contributed by atoms with van der Waals surface area (Å²) in [6.07, 6.45) is 1.47. The fourth-order valence-electron chi connectivity index (χ4n) is 2.80. The molecule has 1 aromatic carbocycles. The number of H-pyrrole nitrogens is 1. The van der Waals surface area contributed by atoms with E-state index in [1.165, 1.54) is 28.5 Å². The van der Waals surface area contributed by atoms with E-state index < -0.39 is 0 Å². The van der Waals surface area contributed by atoms with Crippen molar-refractivity contribution in [1.82, 2.24) is 29.4 Å². The van der Waals surface area contributed by atoms with E-state index in [-0.39, 0.29) is 5.56 Å². The highest BCUT2D eigenvalue weighted by atomic mass is 32.2. The Bertz CT molecular complexity index is 1240. The summed E-state index contributed by atoms with van der Waals surface area (Å²) in [6.45, 7) is 2.03. The number of fused-ring (bicyclic) bond motifs is 1. The molecule has 4 rings (SSSR count). The predicted molar refractivity (Wildman–Crippen MR) is 101 cm³/mol. The van der Waals surface area contributed by atoms with Crippen LogP contribution in [0, 0.1) is 18.3 Å². The molecule has 0 aliphatic rings. The SMILES string of the molecule is Cc1cccc(-c2nnc(SCc3cc(=O)n4[nH]cc(C#N)c4n3)n2C)c1. The lowest BCUT2D eigenvalue weighted by Gasteiger charge is -2.05. The average Bonchev–Trinajstić information content (AvgIpc) is 3.23. The number of hydrogen-bond donors (Lipinski definition) is 1. The van der Waals surface area contributed by atoms with Gasteiger partial charge in [-0.3, -0.25) is 9.89 Å². The minimum Gasteiger partial charge on any atom is -0.305 e. The number of benzene rings is 1. The third kappa shape index (κ3) is 3.11. The van der Waals surface area contributed by atoms with E-state index in [0.29, 0.717) is 22.7 Å². The first-order valence-corrected chi connectivity index (χ1v) is 9.15. The van der Waals surface area contributed by atoms with Gasteiger partial charge in [-0.2, -0.15) is 5.26 Å². The summed E-state index contributed by atoms with van der Waals surface area (Å²) in [5.41, 5.74) is 3.15. The van der Waals surface area contributed by atoms with E-state index >= 15 is 0 Å². The van der Waals surface area contributed by atoms with Crippen molar-refractivity contribution in [3.8, 4) is 17.5 Å². The Morgan fingerprint density at radius 1 is 1.30 bits per heavy atom. The number of aromatic amines is 1. The lowest BCUT2D eigenvalue weighted by molar-refractivity contribution is 0.793. The van der Waals surface area contributed by atoms with Crippen molar-refractivity contribution >= 4 is 17.4 Å². The lowest BCUT2D eigenvalue weighted by atomic mass is 10.1. The average molecular weight is 377 g/mol. The van der Waals surface area contributed by atoms with Crippen LogP contribution in [0.4, 0.5) is 0 Å². The van der Waals surface area contributed by atoms with E-state index in [9.17, 15) is 4.79 Å². The molecule has 0 spiro atoms. The third-order valence-electron chi connectivity index (χ3n) is 4.13. The molecule has 3 heterocycles. The fourth-order valence-corrected chi connectivity index (χ4v) is 3.60. The quantitative estimate of drug-likeness (QED) is 0.547. The van der Waals surface area contributed by atoms with Crippen LogP contribution in [0.5, 0.6) is 0 Å².